The summed E-state index contributed by atoms with van der Waals surface area (Å²) in [7, 11) is 0. The molecule has 1 fully saturated rings. The predicted octanol–water partition coefficient (Wildman–Crippen LogP) is 1.45. The molecule has 2 heterocycles. The number of hydrogen-bond acceptors (Lipinski definition) is 5. The lowest BCUT2D eigenvalue weighted by Crippen LogP contribution is -2.52. The molecule has 1 unspecified atom stereocenters. The lowest BCUT2D eigenvalue weighted by atomic mass is 10.0. The molecule has 0 aromatic heterocycles. The zero-order chi connectivity index (χ0) is 21.8. The molecule has 3 N–H and O–H groups in total. The van der Waals surface area contributed by atoms with Gasteiger partial charge in [-0.15, -0.1) is 0 Å². The van der Waals surface area contributed by atoms with Gasteiger partial charge in [-0.3, -0.25) is 24.6 Å². The lowest BCUT2D eigenvalue weighted by Gasteiger charge is -2.29. The number of amides is 3. The number of piperidine rings is 1. The standard InChI is InChI=1S/C24H28N4O3/c25-12-14-27(13-11-17-5-2-1-3-6-17)15-18-7-4-8-19-20(18)16-28(24(19)31)21-9-10-22(29)26-23(21)30/h1-8,21H,9-16,25H2,(H,26,29,30). The van der Waals surface area contributed by atoms with Crippen molar-refractivity contribution in [2.24, 2.45) is 5.73 Å². The molecule has 2 aliphatic rings. The number of carbonyl (C=O) groups excluding carboxylic acids is 3. The van der Waals surface area contributed by atoms with Crippen LogP contribution in [0.2, 0.25) is 0 Å². The smallest absolute Gasteiger partial charge is 0.255 e. The number of nitrogens with zero attached hydrogens (tertiary/aromatic N) is 2. The first kappa shape index (κ1) is 21.2. The molecule has 0 saturated carbocycles. The number of fused-ring (bicyclic) bond motifs is 1. The normalized spacial score (nSPS) is 18.5. The Kier molecular flexibility index (Phi) is 6.44. The Hall–Kier alpha value is -3.03. The quantitative estimate of drug-likeness (QED) is 0.631. The van der Waals surface area contributed by atoms with Crippen LogP contribution >= 0.6 is 0 Å². The number of imide groups is 1. The van der Waals surface area contributed by atoms with E-state index in [4.69, 9.17) is 5.73 Å². The summed E-state index contributed by atoms with van der Waals surface area (Å²) in [6, 6.07) is 15.5. The zero-order valence-electron chi connectivity index (χ0n) is 17.5. The number of carbonyl (C=O) groups is 3. The van der Waals surface area contributed by atoms with Crippen LogP contribution in [0.15, 0.2) is 48.5 Å². The van der Waals surface area contributed by atoms with Crippen LogP contribution in [-0.2, 0) is 29.1 Å². The van der Waals surface area contributed by atoms with Gasteiger partial charge < -0.3 is 10.6 Å². The predicted molar refractivity (Wildman–Crippen MR) is 117 cm³/mol. The molecule has 3 amide bonds. The van der Waals surface area contributed by atoms with Crippen LogP contribution in [0.25, 0.3) is 0 Å². The highest BCUT2D eigenvalue weighted by Crippen LogP contribution is 2.30. The fourth-order valence-electron chi connectivity index (χ4n) is 4.42. The van der Waals surface area contributed by atoms with E-state index in [9.17, 15) is 14.4 Å². The van der Waals surface area contributed by atoms with E-state index in [1.54, 1.807) is 4.90 Å². The average Bonchev–Trinajstić information content (AvgIpc) is 3.10. The third-order valence-corrected chi connectivity index (χ3v) is 6.08. The van der Waals surface area contributed by atoms with Crippen molar-refractivity contribution in [1.82, 2.24) is 15.1 Å². The van der Waals surface area contributed by atoms with Crippen molar-refractivity contribution in [1.29, 1.82) is 0 Å². The lowest BCUT2D eigenvalue weighted by molar-refractivity contribution is -0.136. The molecule has 1 saturated heterocycles. The van der Waals surface area contributed by atoms with Gasteiger partial charge >= 0.3 is 0 Å². The van der Waals surface area contributed by atoms with Gasteiger partial charge in [0.2, 0.25) is 11.8 Å². The summed E-state index contributed by atoms with van der Waals surface area (Å²) < 4.78 is 0. The summed E-state index contributed by atoms with van der Waals surface area (Å²) in [5, 5.41) is 2.36. The number of nitrogens with two attached hydrogens (primary N) is 1. The largest absolute Gasteiger partial charge is 0.329 e. The van der Waals surface area contributed by atoms with Gasteiger partial charge in [0.05, 0.1) is 0 Å². The van der Waals surface area contributed by atoms with E-state index in [0.717, 1.165) is 30.6 Å². The van der Waals surface area contributed by atoms with Crippen molar-refractivity contribution in [3.8, 4) is 0 Å². The minimum Gasteiger partial charge on any atom is -0.329 e. The Morgan fingerprint density at radius 2 is 1.84 bits per heavy atom. The van der Waals surface area contributed by atoms with Gasteiger partial charge in [0.25, 0.3) is 5.91 Å². The first-order chi connectivity index (χ1) is 15.1. The van der Waals surface area contributed by atoms with E-state index < -0.39 is 6.04 Å². The van der Waals surface area contributed by atoms with E-state index in [1.807, 2.05) is 36.4 Å². The van der Waals surface area contributed by atoms with Crippen LogP contribution in [0.5, 0.6) is 0 Å². The molecule has 0 bridgehead atoms. The van der Waals surface area contributed by atoms with E-state index in [1.165, 1.54) is 5.56 Å². The summed E-state index contributed by atoms with van der Waals surface area (Å²) in [5.41, 5.74) is 9.84. The second-order valence-corrected chi connectivity index (χ2v) is 8.14. The number of rotatable bonds is 8. The topological polar surface area (TPSA) is 95.7 Å². The van der Waals surface area contributed by atoms with Gasteiger partial charge in [0, 0.05) is 44.7 Å². The zero-order valence-corrected chi connectivity index (χ0v) is 17.5. The van der Waals surface area contributed by atoms with Crippen molar-refractivity contribution in [2.75, 3.05) is 19.6 Å². The SMILES string of the molecule is NCCN(CCc1ccccc1)Cc1cccc2c1CN(C1CCC(=O)NC1=O)C2=O. The third kappa shape index (κ3) is 4.68. The van der Waals surface area contributed by atoms with Crippen LogP contribution in [0, 0.1) is 0 Å². The highest BCUT2D eigenvalue weighted by Gasteiger charge is 2.39. The van der Waals surface area contributed by atoms with E-state index in [0.29, 0.717) is 31.6 Å². The summed E-state index contributed by atoms with van der Waals surface area (Å²) in [6.45, 7) is 3.29. The van der Waals surface area contributed by atoms with Gasteiger partial charge in [-0.1, -0.05) is 42.5 Å². The highest BCUT2D eigenvalue weighted by atomic mass is 16.2. The summed E-state index contributed by atoms with van der Waals surface area (Å²) >= 11 is 0. The minimum absolute atomic E-state index is 0.138. The molecule has 4 rings (SSSR count). The molecule has 31 heavy (non-hydrogen) atoms. The minimum atomic E-state index is -0.594. The monoisotopic (exact) mass is 420 g/mol. The fraction of sp³-hybridized carbons (Fsp3) is 0.375. The van der Waals surface area contributed by atoms with Crippen molar-refractivity contribution in [2.45, 2.75) is 38.4 Å². The summed E-state index contributed by atoms with van der Waals surface area (Å²) in [4.78, 5) is 40.7. The van der Waals surface area contributed by atoms with Gasteiger partial charge in [0.15, 0.2) is 0 Å². The van der Waals surface area contributed by atoms with Crippen molar-refractivity contribution in [3.05, 3.63) is 70.8 Å². The average molecular weight is 421 g/mol. The molecule has 1 atom stereocenters. The van der Waals surface area contributed by atoms with Crippen molar-refractivity contribution >= 4 is 17.7 Å². The van der Waals surface area contributed by atoms with Crippen LogP contribution < -0.4 is 11.1 Å². The molecule has 2 aromatic rings. The molecular weight excluding hydrogens is 392 g/mol. The molecule has 0 radical (unpaired) electrons. The molecule has 0 aliphatic carbocycles. The molecule has 7 heteroatoms. The Balaban J connectivity index is 1.49. The third-order valence-electron chi connectivity index (χ3n) is 6.08. The maximum absolute atomic E-state index is 13.0. The van der Waals surface area contributed by atoms with Gasteiger partial charge in [-0.05, 0) is 35.6 Å². The fourth-order valence-corrected chi connectivity index (χ4v) is 4.42. The molecule has 2 aromatic carbocycles. The molecule has 0 spiro atoms. The molecular formula is C24H28N4O3. The maximum atomic E-state index is 13.0. The first-order valence-electron chi connectivity index (χ1n) is 10.8. The second-order valence-electron chi connectivity index (χ2n) is 8.14. The van der Waals surface area contributed by atoms with Gasteiger partial charge in [-0.2, -0.15) is 0 Å². The van der Waals surface area contributed by atoms with E-state index >= 15 is 0 Å². The van der Waals surface area contributed by atoms with Gasteiger partial charge in [-0.25, -0.2) is 0 Å². The van der Waals surface area contributed by atoms with E-state index in [-0.39, 0.29) is 24.1 Å². The highest BCUT2D eigenvalue weighted by molar-refractivity contribution is 6.05. The maximum Gasteiger partial charge on any atom is 0.255 e. The summed E-state index contributed by atoms with van der Waals surface area (Å²) in [5.74, 6) is -0.797. The van der Waals surface area contributed by atoms with Crippen molar-refractivity contribution < 1.29 is 14.4 Å². The molecule has 7 nitrogen and oxygen atoms in total. The Morgan fingerprint density at radius 1 is 1.03 bits per heavy atom. The Labute approximate surface area is 182 Å². The van der Waals surface area contributed by atoms with Gasteiger partial charge in [0.1, 0.15) is 6.04 Å². The molecule has 162 valence electrons. The van der Waals surface area contributed by atoms with Crippen LogP contribution in [0.3, 0.4) is 0 Å². The van der Waals surface area contributed by atoms with Crippen LogP contribution in [-0.4, -0.2) is 53.2 Å². The van der Waals surface area contributed by atoms with E-state index in [2.05, 4.69) is 22.3 Å². The first-order valence-corrected chi connectivity index (χ1v) is 10.8. The second kappa shape index (κ2) is 9.41. The van der Waals surface area contributed by atoms with Crippen LogP contribution in [0.4, 0.5) is 0 Å². The molecule has 2 aliphatic heterocycles. The number of benzene rings is 2. The summed E-state index contributed by atoms with van der Waals surface area (Å²) in [6.07, 6.45) is 1.56. The van der Waals surface area contributed by atoms with Crippen molar-refractivity contribution in [3.63, 3.8) is 0 Å². The Bertz CT molecular complexity index is 976. The number of hydrogen-bond donors (Lipinski definition) is 2. The number of nitrogens with one attached hydrogen (secondary N) is 1. The Morgan fingerprint density at radius 3 is 2.58 bits per heavy atom. The van der Waals surface area contributed by atoms with Crippen LogP contribution in [0.1, 0.15) is 39.9 Å².